The van der Waals surface area contributed by atoms with Gasteiger partial charge in [-0.05, 0) is 71.4 Å². The summed E-state index contributed by atoms with van der Waals surface area (Å²) in [5.74, 6) is 0. The third-order valence-electron chi connectivity index (χ3n) is 5.43. The standard InChI is InChI=1S/C18H35N3O3/c1-17(2,3)24-16(23)21-12-10-20(11-13-21)9-8-18(14-19)6-4-15(22)5-7-18/h15,22H,4-14,19H2,1-3H3. The minimum atomic E-state index is -0.437. The van der Waals surface area contributed by atoms with E-state index in [0.717, 1.165) is 64.8 Å². The highest BCUT2D eigenvalue weighted by molar-refractivity contribution is 5.68. The fourth-order valence-electron chi connectivity index (χ4n) is 3.65. The molecule has 1 heterocycles. The Morgan fingerprint density at radius 2 is 1.79 bits per heavy atom. The number of nitrogens with zero attached hydrogens (tertiary/aromatic N) is 2. The lowest BCUT2D eigenvalue weighted by Gasteiger charge is -2.41. The molecule has 140 valence electrons. The molecule has 0 radical (unpaired) electrons. The van der Waals surface area contributed by atoms with Crippen LogP contribution in [0.3, 0.4) is 0 Å². The van der Waals surface area contributed by atoms with Crippen LogP contribution in [0.5, 0.6) is 0 Å². The molecule has 1 saturated heterocycles. The first-order chi connectivity index (χ1) is 11.2. The minimum Gasteiger partial charge on any atom is -0.444 e. The van der Waals surface area contributed by atoms with Crippen molar-refractivity contribution in [2.75, 3.05) is 39.3 Å². The second-order valence-electron chi connectivity index (χ2n) is 8.49. The first-order valence-electron chi connectivity index (χ1n) is 9.31. The van der Waals surface area contributed by atoms with Crippen molar-refractivity contribution >= 4 is 6.09 Å². The smallest absolute Gasteiger partial charge is 0.410 e. The molecule has 0 unspecified atom stereocenters. The van der Waals surface area contributed by atoms with Gasteiger partial charge in [-0.2, -0.15) is 0 Å². The summed E-state index contributed by atoms with van der Waals surface area (Å²) in [6.07, 6.45) is 4.56. The molecule has 1 aliphatic carbocycles. The van der Waals surface area contributed by atoms with Crippen LogP contribution in [0, 0.1) is 5.41 Å². The highest BCUT2D eigenvalue weighted by Gasteiger charge is 2.34. The molecule has 0 aromatic carbocycles. The first kappa shape index (κ1) is 19.5. The molecule has 2 fully saturated rings. The summed E-state index contributed by atoms with van der Waals surface area (Å²) in [4.78, 5) is 16.3. The summed E-state index contributed by atoms with van der Waals surface area (Å²) in [6, 6.07) is 0. The van der Waals surface area contributed by atoms with Gasteiger partial charge >= 0.3 is 6.09 Å². The van der Waals surface area contributed by atoms with Crippen LogP contribution in [-0.2, 0) is 4.74 Å². The summed E-state index contributed by atoms with van der Waals surface area (Å²) in [5, 5.41) is 9.72. The second kappa shape index (κ2) is 8.02. The van der Waals surface area contributed by atoms with Crippen LogP contribution in [-0.4, -0.2) is 72.0 Å². The number of ether oxygens (including phenoxy) is 1. The largest absolute Gasteiger partial charge is 0.444 e. The third kappa shape index (κ3) is 5.60. The highest BCUT2D eigenvalue weighted by Crippen LogP contribution is 2.38. The van der Waals surface area contributed by atoms with E-state index in [1.807, 2.05) is 20.8 Å². The lowest BCUT2D eigenvalue weighted by molar-refractivity contribution is 0.0116. The van der Waals surface area contributed by atoms with Gasteiger partial charge in [0.05, 0.1) is 6.10 Å². The molecule has 24 heavy (non-hydrogen) atoms. The topological polar surface area (TPSA) is 79.0 Å². The minimum absolute atomic E-state index is 0.137. The number of hydrogen-bond donors (Lipinski definition) is 2. The maximum atomic E-state index is 12.1. The first-order valence-corrected chi connectivity index (χ1v) is 9.31. The van der Waals surface area contributed by atoms with Gasteiger partial charge in [-0.25, -0.2) is 4.79 Å². The van der Waals surface area contributed by atoms with Crippen molar-refractivity contribution in [1.82, 2.24) is 9.80 Å². The van der Waals surface area contributed by atoms with Crippen LogP contribution in [0.25, 0.3) is 0 Å². The van der Waals surface area contributed by atoms with Crippen molar-refractivity contribution in [3.05, 3.63) is 0 Å². The Morgan fingerprint density at radius 3 is 2.29 bits per heavy atom. The maximum Gasteiger partial charge on any atom is 0.410 e. The van der Waals surface area contributed by atoms with E-state index in [2.05, 4.69) is 4.90 Å². The van der Waals surface area contributed by atoms with Gasteiger partial charge in [0.15, 0.2) is 0 Å². The molecule has 2 aliphatic rings. The monoisotopic (exact) mass is 341 g/mol. The number of carbonyl (C=O) groups excluding carboxylic acids is 1. The molecule has 6 nitrogen and oxygen atoms in total. The molecule has 2 rings (SSSR count). The number of piperazine rings is 1. The van der Waals surface area contributed by atoms with E-state index in [9.17, 15) is 9.90 Å². The van der Waals surface area contributed by atoms with Gasteiger partial charge in [0, 0.05) is 26.2 Å². The van der Waals surface area contributed by atoms with Crippen molar-refractivity contribution in [3.8, 4) is 0 Å². The van der Waals surface area contributed by atoms with Crippen LogP contribution in [0.1, 0.15) is 52.9 Å². The molecular weight excluding hydrogens is 306 g/mol. The number of hydrogen-bond acceptors (Lipinski definition) is 5. The van der Waals surface area contributed by atoms with E-state index in [0.29, 0.717) is 6.54 Å². The molecule has 0 bridgehead atoms. The predicted octanol–water partition coefficient (Wildman–Crippen LogP) is 1.81. The summed E-state index contributed by atoms with van der Waals surface area (Å²) < 4.78 is 5.44. The molecule has 1 saturated carbocycles. The SMILES string of the molecule is CC(C)(C)OC(=O)N1CCN(CCC2(CN)CCC(O)CC2)CC1. The summed E-state index contributed by atoms with van der Waals surface area (Å²) in [5.41, 5.74) is 5.81. The lowest BCUT2D eigenvalue weighted by Crippen LogP contribution is -2.51. The van der Waals surface area contributed by atoms with E-state index < -0.39 is 5.60 Å². The molecule has 1 aliphatic heterocycles. The Bertz CT molecular complexity index is 406. The van der Waals surface area contributed by atoms with Crippen molar-refractivity contribution in [2.45, 2.75) is 64.6 Å². The number of rotatable bonds is 4. The van der Waals surface area contributed by atoms with E-state index >= 15 is 0 Å². The van der Waals surface area contributed by atoms with Gasteiger partial charge in [0.1, 0.15) is 5.60 Å². The lowest BCUT2D eigenvalue weighted by atomic mass is 9.71. The second-order valence-corrected chi connectivity index (χ2v) is 8.49. The Labute approximate surface area is 146 Å². The Kier molecular flexibility index (Phi) is 6.51. The van der Waals surface area contributed by atoms with E-state index in [-0.39, 0.29) is 17.6 Å². The van der Waals surface area contributed by atoms with Crippen molar-refractivity contribution in [2.24, 2.45) is 11.1 Å². The Hall–Kier alpha value is -0.850. The number of amides is 1. The Morgan fingerprint density at radius 1 is 1.21 bits per heavy atom. The number of aliphatic hydroxyl groups is 1. The van der Waals surface area contributed by atoms with Gasteiger partial charge in [-0.15, -0.1) is 0 Å². The molecule has 0 atom stereocenters. The summed E-state index contributed by atoms with van der Waals surface area (Å²) in [7, 11) is 0. The fourth-order valence-corrected chi connectivity index (χ4v) is 3.65. The molecule has 0 spiro atoms. The Balaban J connectivity index is 1.74. The predicted molar refractivity (Wildman–Crippen MR) is 94.8 cm³/mol. The zero-order valence-electron chi connectivity index (χ0n) is 15.6. The maximum absolute atomic E-state index is 12.1. The number of aliphatic hydroxyl groups excluding tert-OH is 1. The van der Waals surface area contributed by atoms with Gasteiger partial charge in [0.2, 0.25) is 0 Å². The van der Waals surface area contributed by atoms with Gasteiger partial charge < -0.3 is 20.5 Å². The van der Waals surface area contributed by atoms with Crippen LogP contribution >= 0.6 is 0 Å². The zero-order valence-corrected chi connectivity index (χ0v) is 15.6. The molecule has 1 amide bonds. The van der Waals surface area contributed by atoms with Crippen LogP contribution in [0.4, 0.5) is 4.79 Å². The van der Waals surface area contributed by atoms with Crippen molar-refractivity contribution in [1.29, 1.82) is 0 Å². The molecule has 6 heteroatoms. The van der Waals surface area contributed by atoms with E-state index in [1.54, 1.807) is 4.90 Å². The average Bonchev–Trinajstić information content (AvgIpc) is 2.54. The van der Waals surface area contributed by atoms with Crippen LogP contribution < -0.4 is 5.73 Å². The van der Waals surface area contributed by atoms with Crippen molar-refractivity contribution < 1.29 is 14.6 Å². The van der Waals surface area contributed by atoms with Crippen LogP contribution in [0.2, 0.25) is 0 Å². The summed E-state index contributed by atoms with van der Waals surface area (Å²) in [6.45, 7) is 10.7. The van der Waals surface area contributed by atoms with Gasteiger partial charge in [-0.3, -0.25) is 4.90 Å². The molecule has 3 N–H and O–H groups in total. The van der Waals surface area contributed by atoms with Crippen molar-refractivity contribution in [3.63, 3.8) is 0 Å². The average molecular weight is 341 g/mol. The number of nitrogens with two attached hydrogens (primary N) is 1. The van der Waals surface area contributed by atoms with Gasteiger partial charge in [-0.1, -0.05) is 0 Å². The molecule has 0 aromatic rings. The summed E-state index contributed by atoms with van der Waals surface area (Å²) >= 11 is 0. The van der Waals surface area contributed by atoms with E-state index in [4.69, 9.17) is 10.5 Å². The van der Waals surface area contributed by atoms with E-state index in [1.165, 1.54) is 0 Å². The van der Waals surface area contributed by atoms with Gasteiger partial charge in [0.25, 0.3) is 0 Å². The highest BCUT2D eigenvalue weighted by atomic mass is 16.6. The third-order valence-corrected chi connectivity index (χ3v) is 5.43. The quantitative estimate of drug-likeness (QED) is 0.815. The number of carbonyl (C=O) groups is 1. The molecule has 0 aromatic heterocycles. The normalized spacial score (nSPS) is 29.5. The molecular formula is C18H35N3O3. The van der Waals surface area contributed by atoms with Crippen LogP contribution in [0.15, 0.2) is 0 Å². The fraction of sp³-hybridized carbons (Fsp3) is 0.944. The zero-order chi connectivity index (χ0) is 17.8.